The fourth-order valence-corrected chi connectivity index (χ4v) is 4.16. The third kappa shape index (κ3) is 4.98. The Bertz CT molecular complexity index is 870. The molecule has 134 valence electrons. The Balaban J connectivity index is 2.30. The van der Waals surface area contributed by atoms with Crippen molar-refractivity contribution in [2.45, 2.75) is 17.9 Å². The number of aliphatic hydroxyl groups excluding tert-OH is 1. The van der Waals surface area contributed by atoms with Crippen LogP contribution < -0.4 is 4.31 Å². The largest absolute Gasteiger partial charge is 0.388 e. The van der Waals surface area contributed by atoms with E-state index in [1.54, 1.807) is 36.4 Å². The van der Waals surface area contributed by atoms with E-state index in [1.165, 1.54) is 26.1 Å². The minimum Gasteiger partial charge on any atom is -0.388 e. The number of benzene rings is 2. The van der Waals surface area contributed by atoms with Gasteiger partial charge in [-0.15, -0.1) is 0 Å². The van der Waals surface area contributed by atoms with Crippen molar-refractivity contribution < 1.29 is 18.3 Å². The van der Waals surface area contributed by atoms with Crippen LogP contribution >= 0.6 is 23.4 Å². The van der Waals surface area contributed by atoms with Crippen LogP contribution in [-0.2, 0) is 14.8 Å². The number of rotatable bonds is 6. The molecule has 2 aromatic rings. The number of hydrogen-bond acceptors (Lipinski definition) is 5. The summed E-state index contributed by atoms with van der Waals surface area (Å²) in [4.78, 5) is 11.1. The van der Waals surface area contributed by atoms with Gasteiger partial charge in [-0.3, -0.25) is 9.10 Å². The van der Waals surface area contributed by atoms with Gasteiger partial charge in [0, 0.05) is 24.7 Å². The zero-order valence-electron chi connectivity index (χ0n) is 13.7. The lowest BCUT2D eigenvalue weighted by atomic mass is 10.1. The highest BCUT2D eigenvalue weighted by Gasteiger charge is 2.22. The van der Waals surface area contributed by atoms with Crippen LogP contribution in [0.4, 0.5) is 5.69 Å². The van der Waals surface area contributed by atoms with E-state index in [1.807, 2.05) is 0 Å². The Labute approximate surface area is 156 Å². The van der Waals surface area contributed by atoms with Gasteiger partial charge in [-0.2, -0.15) is 0 Å². The van der Waals surface area contributed by atoms with Gasteiger partial charge in [0.15, 0.2) is 5.12 Å². The second-order valence-corrected chi connectivity index (χ2v) is 8.95. The Morgan fingerprint density at radius 3 is 2.56 bits per heavy atom. The molecule has 2 aromatic carbocycles. The van der Waals surface area contributed by atoms with Gasteiger partial charge in [0.2, 0.25) is 0 Å². The maximum absolute atomic E-state index is 12.8. The van der Waals surface area contributed by atoms with Crippen molar-refractivity contribution in [2.24, 2.45) is 0 Å². The summed E-state index contributed by atoms with van der Waals surface area (Å²) in [6.07, 6.45) is -0.930. The Kier molecular flexibility index (Phi) is 6.51. The van der Waals surface area contributed by atoms with E-state index in [9.17, 15) is 18.3 Å². The van der Waals surface area contributed by atoms with Crippen LogP contribution in [0.3, 0.4) is 0 Å². The Hall–Kier alpha value is -1.54. The fraction of sp³-hybridized carbons (Fsp3) is 0.235. The van der Waals surface area contributed by atoms with E-state index in [-0.39, 0.29) is 15.8 Å². The summed E-state index contributed by atoms with van der Waals surface area (Å²) in [6, 6.07) is 12.6. The van der Waals surface area contributed by atoms with Crippen molar-refractivity contribution in [3.05, 3.63) is 59.1 Å². The first-order chi connectivity index (χ1) is 11.7. The third-order valence-electron chi connectivity index (χ3n) is 3.52. The van der Waals surface area contributed by atoms with E-state index in [0.29, 0.717) is 16.3 Å². The summed E-state index contributed by atoms with van der Waals surface area (Å²) in [7, 11) is -2.37. The van der Waals surface area contributed by atoms with Crippen LogP contribution in [0.2, 0.25) is 5.02 Å². The number of hydrogen-bond donors (Lipinski definition) is 1. The predicted octanol–water partition coefficient (Wildman–Crippen LogP) is 3.48. The number of nitrogens with zero attached hydrogens (tertiary/aromatic N) is 1. The van der Waals surface area contributed by atoms with Crippen molar-refractivity contribution in [1.29, 1.82) is 0 Å². The molecule has 0 aliphatic rings. The predicted molar refractivity (Wildman–Crippen MR) is 102 cm³/mol. The van der Waals surface area contributed by atoms with Gasteiger partial charge < -0.3 is 5.11 Å². The molecular weight excluding hydrogens is 382 g/mol. The molecule has 0 spiro atoms. The highest BCUT2D eigenvalue weighted by molar-refractivity contribution is 8.13. The second kappa shape index (κ2) is 8.23. The van der Waals surface area contributed by atoms with Gasteiger partial charge >= 0.3 is 0 Å². The van der Waals surface area contributed by atoms with Crippen LogP contribution in [-0.4, -0.2) is 31.4 Å². The van der Waals surface area contributed by atoms with Crippen LogP contribution in [0.5, 0.6) is 0 Å². The average molecular weight is 400 g/mol. The lowest BCUT2D eigenvalue weighted by Gasteiger charge is -2.20. The molecule has 0 aromatic heterocycles. The summed E-state index contributed by atoms with van der Waals surface area (Å²) in [6.45, 7) is 1.41. The average Bonchev–Trinajstić information content (AvgIpc) is 2.59. The molecule has 2 rings (SSSR count). The second-order valence-electron chi connectivity index (χ2n) is 5.34. The lowest BCUT2D eigenvalue weighted by molar-refractivity contribution is -0.109. The summed E-state index contributed by atoms with van der Waals surface area (Å²) in [5, 5.41) is 10.5. The van der Waals surface area contributed by atoms with Gasteiger partial charge in [0.05, 0.1) is 16.7 Å². The molecule has 1 N–H and O–H groups in total. The van der Waals surface area contributed by atoms with Gasteiger partial charge in [0.25, 0.3) is 10.0 Å². The smallest absolute Gasteiger partial charge is 0.264 e. The summed E-state index contributed by atoms with van der Waals surface area (Å²) >= 11 is 6.92. The number of aliphatic hydroxyl groups is 1. The molecule has 0 amide bonds. The van der Waals surface area contributed by atoms with E-state index in [4.69, 9.17) is 11.6 Å². The Morgan fingerprint density at radius 2 is 1.92 bits per heavy atom. The van der Waals surface area contributed by atoms with Gasteiger partial charge in [-0.05, 0) is 35.9 Å². The van der Waals surface area contributed by atoms with Crippen LogP contribution in [0.1, 0.15) is 18.6 Å². The highest BCUT2D eigenvalue weighted by Crippen LogP contribution is 2.27. The monoisotopic (exact) mass is 399 g/mol. The summed E-state index contributed by atoms with van der Waals surface area (Å²) in [5.74, 6) is 0.170. The zero-order valence-corrected chi connectivity index (χ0v) is 16.1. The van der Waals surface area contributed by atoms with E-state index < -0.39 is 16.1 Å². The van der Waals surface area contributed by atoms with Crippen LogP contribution in [0.25, 0.3) is 0 Å². The number of carbonyl (C=O) groups excluding carboxylic acids is 1. The Morgan fingerprint density at radius 1 is 1.24 bits per heavy atom. The van der Waals surface area contributed by atoms with Crippen LogP contribution in [0, 0.1) is 0 Å². The first kappa shape index (κ1) is 19.8. The first-order valence-electron chi connectivity index (χ1n) is 7.37. The van der Waals surface area contributed by atoms with Gasteiger partial charge in [-0.25, -0.2) is 8.42 Å². The van der Waals surface area contributed by atoms with Gasteiger partial charge in [-0.1, -0.05) is 41.6 Å². The quantitative estimate of drug-likeness (QED) is 0.804. The molecular formula is C17H18ClNO4S2. The molecule has 0 saturated heterocycles. The summed E-state index contributed by atoms with van der Waals surface area (Å²) < 4.78 is 26.8. The summed E-state index contributed by atoms with van der Waals surface area (Å²) in [5.41, 5.74) is 0.875. The van der Waals surface area contributed by atoms with E-state index in [2.05, 4.69) is 0 Å². The molecule has 5 nitrogen and oxygen atoms in total. The fourth-order valence-electron chi connectivity index (χ4n) is 2.14. The number of halogens is 1. The molecule has 0 aliphatic carbocycles. The molecule has 0 aliphatic heterocycles. The number of anilines is 1. The van der Waals surface area contributed by atoms with E-state index in [0.717, 1.165) is 16.1 Å². The first-order valence-corrected chi connectivity index (χ1v) is 10.2. The zero-order chi connectivity index (χ0) is 18.6. The number of sulfonamides is 1. The maximum Gasteiger partial charge on any atom is 0.264 e. The molecule has 1 atom stereocenters. The third-order valence-corrected chi connectivity index (χ3v) is 6.42. The van der Waals surface area contributed by atoms with Crippen molar-refractivity contribution in [2.75, 3.05) is 17.1 Å². The number of thioether (sulfide) groups is 1. The molecule has 0 bridgehead atoms. The van der Waals surface area contributed by atoms with Crippen molar-refractivity contribution >= 4 is 44.2 Å². The topological polar surface area (TPSA) is 74.7 Å². The van der Waals surface area contributed by atoms with Crippen molar-refractivity contribution in [3.63, 3.8) is 0 Å². The van der Waals surface area contributed by atoms with Crippen molar-refractivity contribution in [3.8, 4) is 0 Å². The molecule has 8 heteroatoms. The standard InChI is InChI=1S/C17H18ClNO4S2/c1-12(20)24-11-17(21)13-5-3-8-16(9-13)25(22,23)19(2)15-7-4-6-14(18)10-15/h3-10,17,21H,11H2,1-2H3. The molecule has 1 unspecified atom stereocenters. The molecule has 0 heterocycles. The number of carbonyl (C=O) groups is 1. The van der Waals surface area contributed by atoms with Crippen LogP contribution in [0.15, 0.2) is 53.4 Å². The highest BCUT2D eigenvalue weighted by atomic mass is 35.5. The lowest BCUT2D eigenvalue weighted by Crippen LogP contribution is -2.26. The molecule has 0 saturated carbocycles. The van der Waals surface area contributed by atoms with Crippen molar-refractivity contribution in [1.82, 2.24) is 0 Å². The molecule has 25 heavy (non-hydrogen) atoms. The van der Waals surface area contributed by atoms with E-state index >= 15 is 0 Å². The minimum absolute atomic E-state index is 0.0550. The molecule has 0 radical (unpaired) electrons. The SMILES string of the molecule is CC(=O)SCC(O)c1cccc(S(=O)(=O)N(C)c2cccc(Cl)c2)c1. The normalized spacial score (nSPS) is 12.6. The molecule has 0 fully saturated rings. The minimum atomic E-state index is -3.81. The maximum atomic E-state index is 12.8. The van der Waals surface area contributed by atoms with Gasteiger partial charge in [0.1, 0.15) is 0 Å².